The molecular formula is C17H16N6O. The minimum atomic E-state index is -0.164. The molecule has 4 rings (SSSR count). The van der Waals surface area contributed by atoms with Crippen molar-refractivity contribution >= 4 is 28.0 Å². The Kier molecular flexibility index (Phi) is 3.45. The Hall–Kier alpha value is -3.22. The van der Waals surface area contributed by atoms with Crippen molar-refractivity contribution in [1.29, 1.82) is 0 Å². The van der Waals surface area contributed by atoms with Crippen molar-refractivity contribution in [3.05, 3.63) is 53.9 Å². The summed E-state index contributed by atoms with van der Waals surface area (Å²) in [4.78, 5) is 20.0. The minimum absolute atomic E-state index is 0.164. The monoisotopic (exact) mass is 320 g/mol. The van der Waals surface area contributed by atoms with E-state index in [1.807, 2.05) is 37.3 Å². The van der Waals surface area contributed by atoms with Gasteiger partial charge >= 0.3 is 0 Å². The molecule has 2 aromatic heterocycles. The molecule has 0 aliphatic heterocycles. The SMILES string of the molecule is CCn1nnc2cc(C(=O)NCc3nc4ccccc4[nH]3)ccc21. The number of hydrogen-bond acceptors (Lipinski definition) is 4. The summed E-state index contributed by atoms with van der Waals surface area (Å²) in [6, 6.07) is 13.2. The molecule has 7 nitrogen and oxygen atoms in total. The van der Waals surface area contributed by atoms with Gasteiger partial charge < -0.3 is 10.3 Å². The number of nitrogens with zero attached hydrogens (tertiary/aromatic N) is 4. The molecule has 120 valence electrons. The molecule has 0 aliphatic rings. The van der Waals surface area contributed by atoms with E-state index in [9.17, 15) is 4.79 Å². The van der Waals surface area contributed by atoms with Crippen LogP contribution in [-0.4, -0.2) is 30.9 Å². The first-order valence-electron chi connectivity index (χ1n) is 7.79. The number of hydrogen-bond donors (Lipinski definition) is 2. The fraction of sp³-hybridized carbons (Fsp3) is 0.176. The smallest absolute Gasteiger partial charge is 0.251 e. The lowest BCUT2D eigenvalue weighted by Crippen LogP contribution is -2.23. The van der Waals surface area contributed by atoms with Crippen LogP contribution in [0, 0.1) is 0 Å². The Morgan fingerprint density at radius 1 is 1.21 bits per heavy atom. The fourth-order valence-electron chi connectivity index (χ4n) is 2.70. The normalized spacial score (nSPS) is 11.2. The summed E-state index contributed by atoms with van der Waals surface area (Å²) < 4.78 is 1.80. The predicted octanol–water partition coefficient (Wildman–Crippen LogP) is 2.26. The third-order valence-electron chi connectivity index (χ3n) is 3.93. The first kappa shape index (κ1) is 14.4. The van der Waals surface area contributed by atoms with Gasteiger partial charge in [0.05, 0.1) is 23.1 Å². The Balaban J connectivity index is 1.51. The summed E-state index contributed by atoms with van der Waals surface area (Å²) in [6.07, 6.45) is 0. The van der Waals surface area contributed by atoms with E-state index >= 15 is 0 Å². The van der Waals surface area contributed by atoms with Crippen LogP contribution >= 0.6 is 0 Å². The van der Waals surface area contributed by atoms with Gasteiger partial charge in [0.15, 0.2) is 0 Å². The lowest BCUT2D eigenvalue weighted by atomic mass is 10.2. The Morgan fingerprint density at radius 3 is 2.92 bits per heavy atom. The number of carbonyl (C=O) groups excluding carboxylic acids is 1. The number of H-pyrrole nitrogens is 1. The second-order valence-electron chi connectivity index (χ2n) is 5.49. The number of carbonyl (C=O) groups is 1. The summed E-state index contributed by atoms with van der Waals surface area (Å²) in [5.41, 5.74) is 4.04. The van der Waals surface area contributed by atoms with Gasteiger partial charge in [0, 0.05) is 12.1 Å². The van der Waals surface area contributed by atoms with Crippen LogP contribution in [0.4, 0.5) is 0 Å². The number of aromatic nitrogens is 5. The molecule has 0 fully saturated rings. The highest BCUT2D eigenvalue weighted by Gasteiger charge is 2.10. The van der Waals surface area contributed by atoms with E-state index < -0.39 is 0 Å². The number of aryl methyl sites for hydroxylation is 1. The van der Waals surface area contributed by atoms with E-state index in [0.29, 0.717) is 17.6 Å². The van der Waals surface area contributed by atoms with E-state index in [1.54, 1.807) is 16.8 Å². The zero-order valence-corrected chi connectivity index (χ0v) is 13.2. The highest BCUT2D eigenvalue weighted by molar-refractivity contribution is 5.97. The Labute approximate surface area is 137 Å². The van der Waals surface area contributed by atoms with Gasteiger partial charge in [0.2, 0.25) is 0 Å². The molecule has 2 aromatic carbocycles. The highest BCUT2D eigenvalue weighted by atomic mass is 16.1. The standard InChI is InChI=1S/C17H16N6O/c1-2-23-15-8-7-11(9-14(15)21-22-23)17(24)18-10-16-19-12-5-3-4-6-13(12)20-16/h3-9H,2,10H2,1H3,(H,18,24)(H,19,20). The first-order chi connectivity index (χ1) is 11.7. The van der Waals surface area contributed by atoms with Crippen molar-refractivity contribution in [3.63, 3.8) is 0 Å². The minimum Gasteiger partial charge on any atom is -0.345 e. The largest absolute Gasteiger partial charge is 0.345 e. The van der Waals surface area contributed by atoms with Crippen molar-refractivity contribution in [1.82, 2.24) is 30.3 Å². The van der Waals surface area contributed by atoms with Gasteiger partial charge in [-0.3, -0.25) is 4.79 Å². The molecular weight excluding hydrogens is 304 g/mol. The predicted molar refractivity (Wildman–Crippen MR) is 90.5 cm³/mol. The summed E-state index contributed by atoms with van der Waals surface area (Å²) in [5, 5.41) is 11.0. The number of amides is 1. The third-order valence-corrected chi connectivity index (χ3v) is 3.93. The molecule has 0 aliphatic carbocycles. The molecule has 0 bridgehead atoms. The molecule has 4 aromatic rings. The number of nitrogens with one attached hydrogen (secondary N) is 2. The Morgan fingerprint density at radius 2 is 2.08 bits per heavy atom. The zero-order chi connectivity index (χ0) is 16.5. The van der Waals surface area contributed by atoms with Crippen LogP contribution in [0.2, 0.25) is 0 Å². The van der Waals surface area contributed by atoms with Gasteiger partial charge in [-0.1, -0.05) is 17.3 Å². The first-order valence-corrected chi connectivity index (χ1v) is 7.79. The number of imidazole rings is 1. The molecule has 24 heavy (non-hydrogen) atoms. The fourth-order valence-corrected chi connectivity index (χ4v) is 2.70. The van der Waals surface area contributed by atoms with Crippen LogP contribution in [0.15, 0.2) is 42.5 Å². The number of benzene rings is 2. The molecule has 0 atom stereocenters. The average Bonchev–Trinajstić information content (AvgIpc) is 3.22. The van der Waals surface area contributed by atoms with E-state index in [2.05, 4.69) is 25.6 Å². The second kappa shape index (κ2) is 5.77. The van der Waals surface area contributed by atoms with E-state index in [4.69, 9.17) is 0 Å². The third kappa shape index (κ3) is 2.50. The maximum absolute atomic E-state index is 12.3. The number of rotatable bonds is 4. The quantitative estimate of drug-likeness (QED) is 0.603. The maximum atomic E-state index is 12.3. The number of fused-ring (bicyclic) bond motifs is 2. The van der Waals surface area contributed by atoms with Crippen LogP contribution in [0.1, 0.15) is 23.1 Å². The molecule has 0 spiro atoms. The van der Waals surface area contributed by atoms with Crippen molar-refractivity contribution in [2.45, 2.75) is 20.0 Å². The van der Waals surface area contributed by atoms with Gasteiger partial charge in [0.25, 0.3) is 5.91 Å². The van der Waals surface area contributed by atoms with E-state index in [0.717, 1.165) is 28.9 Å². The van der Waals surface area contributed by atoms with Gasteiger partial charge in [-0.15, -0.1) is 5.10 Å². The molecule has 2 heterocycles. The summed E-state index contributed by atoms with van der Waals surface area (Å²) in [5.74, 6) is 0.561. The number of para-hydroxylation sites is 2. The molecule has 7 heteroatoms. The summed E-state index contributed by atoms with van der Waals surface area (Å²) >= 11 is 0. The van der Waals surface area contributed by atoms with Crippen LogP contribution in [0.5, 0.6) is 0 Å². The zero-order valence-electron chi connectivity index (χ0n) is 13.2. The lowest BCUT2D eigenvalue weighted by molar-refractivity contribution is 0.0950. The second-order valence-corrected chi connectivity index (χ2v) is 5.49. The molecule has 0 radical (unpaired) electrons. The Bertz CT molecular complexity index is 999. The lowest BCUT2D eigenvalue weighted by Gasteiger charge is -2.03. The molecule has 0 saturated carbocycles. The molecule has 0 saturated heterocycles. The van der Waals surface area contributed by atoms with Gasteiger partial charge in [-0.05, 0) is 37.3 Å². The van der Waals surface area contributed by atoms with Gasteiger partial charge in [-0.2, -0.15) is 0 Å². The maximum Gasteiger partial charge on any atom is 0.251 e. The van der Waals surface area contributed by atoms with Crippen molar-refractivity contribution < 1.29 is 4.79 Å². The summed E-state index contributed by atoms with van der Waals surface area (Å²) in [6.45, 7) is 3.09. The van der Waals surface area contributed by atoms with Crippen LogP contribution in [0.25, 0.3) is 22.1 Å². The van der Waals surface area contributed by atoms with Crippen LogP contribution < -0.4 is 5.32 Å². The van der Waals surface area contributed by atoms with E-state index in [1.165, 1.54) is 0 Å². The molecule has 1 amide bonds. The van der Waals surface area contributed by atoms with Crippen molar-refractivity contribution in [2.24, 2.45) is 0 Å². The van der Waals surface area contributed by atoms with Crippen molar-refractivity contribution in [2.75, 3.05) is 0 Å². The van der Waals surface area contributed by atoms with Gasteiger partial charge in [-0.25, -0.2) is 9.67 Å². The van der Waals surface area contributed by atoms with Gasteiger partial charge in [0.1, 0.15) is 11.3 Å². The molecule has 2 N–H and O–H groups in total. The van der Waals surface area contributed by atoms with Crippen molar-refractivity contribution in [3.8, 4) is 0 Å². The average molecular weight is 320 g/mol. The number of aromatic amines is 1. The van der Waals surface area contributed by atoms with Crippen LogP contribution in [-0.2, 0) is 13.1 Å². The highest BCUT2D eigenvalue weighted by Crippen LogP contribution is 2.14. The summed E-state index contributed by atoms with van der Waals surface area (Å²) in [7, 11) is 0. The topological polar surface area (TPSA) is 88.5 Å². The van der Waals surface area contributed by atoms with Crippen LogP contribution in [0.3, 0.4) is 0 Å². The van der Waals surface area contributed by atoms with E-state index in [-0.39, 0.29) is 5.91 Å². The molecule has 0 unspecified atom stereocenters.